The van der Waals surface area contributed by atoms with Crippen molar-refractivity contribution in [1.29, 1.82) is 0 Å². The van der Waals surface area contributed by atoms with Gasteiger partial charge < -0.3 is 21.7 Å². The summed E-state index contributed by atoms with van der Waals surface area (Å²) in [6, 6.07) is 3.05. The molecule has 0 saturated carbocycles. The Balaban J connectivity index is 3.58. The summed E-state index contributed by atoms with van der Waals surface area (Å²) in [5.41, 5.74) is 12.2. The highest BCUT2D eigenvalue weighted by atomic mass is 16.3. The first-order valence-corrected chi connectivity index (χ1v) is 3.89. The van der Waals surface area contributed by atoms with E-state index in [0.29, 0.717) is 0 Å². The molecule has 0 spiro atoms. The second-order valence-electron chi connectivity index (χ2n) is 2.89. The van der Waals surface area contributed by atoms with Gasteiger partial charge in [0.15, 0.2) is 0 Å². The quantitative estimate of drug-likeness (QED) is 0.425. The molecule has 1 aromatic rings. The molecule has 0 unspecified atom stereocenters. The van der Waals surface area contributed by atoms with Gasteiger partial charge in [-0.3, -0.25) is 0 Å². The van der Waals surface area contributed by atoms with Gasteiger partial charge in [0.25, 0.3) is 0 Å². The molecule has 0 aliphatic rings. The first-order valence-electron chi connectivity index (χ1n) is 3.89. The highest BCUT2D eigenvalue weighted by Crippen LogP contribution is 2.31. The molecule has 4 nitrogen and oxygen atoms in total. The van der Waals surface area contributed by atoms with Crippen LogP contribution < -0.4 is 11.5 Å². The fourth-order valence-corrected chi connectivity index (χ4v) is 1.26. The Hall–Kier alpha value is -2.10. The molecule has 14 heavy (non-hydrogen) atoms. The Morgan fingerprint density at radius 2 is 1.21 bits per heavy atom. The van der Waals surface area contributed by atoms with E-state index in [-0.39, 0.29) is 34.0 Å². The number of nitrogens with two attached hydrogens (primary N) is 2. The predicted octanol–water partition coefficient (Wildman–Crippen LogP) is 1.91. The maximum Gasteiger partial charge on any atom is 0.118 e. The standard InChI is InChI=1S/C10H12N2O2/c1-5(13)9-7(11)3-4-8(12)10(9)6(2)14/h3-4,13-14H,1-2,11-12H2. The van der Waals surface area contributed by atoms with E-state index in [2.05, 4.69) is 13.2 Å². The van der Waals surface area contributed by atoms with Gasteiger partial charge in [0.05, 0.1) is 11.1 Å². The van der Waals surface area contributed by atoms with E-state index in [4.69, 9.17) is 11.5 Å². The number of hydrogen-bond donors (Lipinski definition) is 4. The van der Waals surface area contributed by atoms with Gasteiger partial charge in [-0.1, -0.05) is 13.2 Å². The lowest BCUT2D eigenvalue weighted by Crippen LogP contribution is -2.02. The molecule has 0 heterocycles. The van der Waals surface area contributed by atoms with E-state index in [9.17, 15) is 10.2 Å². The molecule has 0 radical (unpaired) electrons. The molecular formula is C10H12N2O2. The minimum Gasteiger partial charge on any atom is -0.508 e. The zero-order valence-electron chi connectivity index (χ0n) is 7.62. The lowest BCUT2D eigenvalue weighted by atomic mass is 10.0. The van der Waals surface area contributed by atoms with Crippen molar-refractivity contribution in [3.05, 3.63) is 36.4 Å². The molecule has 0 fully saturated rings. The Morgan fingerprint density at radius 3 is 1.43 bits per heavy atom. The van der Waals surface area contributed by atoms with Crippen molar-refractivity contribution in [2.45, 2.75) is 0 Å². The van der Waals surface area contributed by atoms with E-state index in [1.54, 1.807) is 0 Å². The van der Waals surface area contributed by atoms with Crippen LogP contribution in [0.3, 0.4) is 0 Å². The van der Waals surface area contributed by atoms with Gasteiger partial charge in [0, 0.05) is 11.4 Å². The van der Waals surface area contributed by atoms with Crippen LogP contribution >= 0.6 is 0 Å². The highest BCUT2D eigenvalue weighted by Gasteiger charge is 2.14. The van der Waals surface area contributed by atoms with Gasteiger partial charge in [0.2, 0.25) is 0 Å². The number of hydrogen-bond acceptors (Lipinski definition) is 4. The minimum absolute atomic E-state index is 0.220. The maximum atomic E-state index is 9.28. The van der Waals surface area contributed by atoms with Crippen LogP contribution in [0.5, 0.6) is 0 Å². The molecule has 1 aromatic carbocycles. The van der Waals surface area contributed by atoms with Gasteiger partial charge in [-0.05, 0) is 12.1 Å². The van der Waals surface area contributed by atoms with Gasteiger partial charge in [-0.25, -0.2) is 0 Å². The first-order chi connectivity index (χ1) is 6.45. The number of aliphatic hydroxyl groups is 2. The van der Waals surface area contributed by atoms with E-state index in [0.717, 1.165) is 0 Å². The number of rotatable bonds is 2. The van der Waals surface area contributed by atoms with E-state index >= 15 is 0 Å². The van der Waals surface area contributed by atoms with Crippen LogP contribution in [0.4, 0.5) is 11.4 Å². The van der Waals surface area contributed by atoms with Gasteiger partial charge in [-0.15, -0.1) is 0 Å². The van der Waals surface area contributed by atoms with Crippen LogP contribution in [-0.2, 0) is 0 Å². The normalized spacial score (nSPS) is 9.71. The summed E-state index contributed by atoms with van der Waals surface area (Å²) in [5.74, 6) is -0.500. The molecule has 0 bridgehead atoms. The first kappa shape index (κ1) is 9.98. The Bertz CT molecular complexity index is 372. The zero-order chi connectivity index (χ0) is 10.9. The van der Waals surface area contributed by atoms with Crippen molar-refractivity contribution in [1.82, 2.24) is 0 Å². The van der Waals surface area contributed by atoms with Crippen molar-refractivity contribution in [3.63, 3.8) is 0 Å². The van der Waals surface area contributed by atoms with E-state index < -0.39 is 0 Å². The average Bonchev–Trinajstić information content (AvgIpc) is 2.07. The molecule has 0 atom stereocenters. The number of anilines is 2. The average molecular weight is 192 g/mol. The van der Waals surface area contributed by atoms with Crippen molar-refractivity contribution in [3.8, 4) is 0 Å². The maximum absolute atomic E-state index is 9.28. The fraction of sp³-hybridized carbons (Fsp3) is 0. The SMILES string of the molecule is C=C(O)c1c(N)ccc(N)c1C(=C)O. The third-order valence-corrected chi connectivity index (χ3v) is 1.85. The molecule has 0 saturated heterocycles. The summed E-state index contributed by atoms with van der Waals surface area (Å²) in [6.45, 7) is 6.68. The topological polar surface area (TPSA) is 92.5 Å². The monoisotopic (exact) mass is 192 g/mol. The van der Waals surface area contributed by atoms with Crippen LogP contribution in [0.15, 0.2) is 25.3 Å². The second kappa shape index (κ2) is 3.33. The van der Waals surface area contributed by atoms with Crippen LogP contribution in [0.25, 0.3) is 11.5 Å². The molecule has 0 aromatic heterocycles. The third kappa shape index (κ3) is 1.50. The van der Waals surface area contributed by atoms with E-state index in [1.165, 1.54) is 12.1 Å². The van der Waals surface area contributed by atoms with Crippen LogP contribution in [0.2, 0.25) is 0 Å². The molecule has 6 N–H and O–H groups in total. The van der Waals surface area contributed by atoms with Crippen molar-refractivity contribution < 1.29 is 10.2 Å². The minimum atomic E-state index is -0.250. The summed E-state index contributed by atoms with van der Waals surface area (Å²) >= 11 is 0. The number of benzene rings is 1. The van der Waals surface area contributed by atoms with Crippen LogP contribution in [0.1, 0.15) is 11.1 Å². The lowest BCUT2D eigenvalue weighted by Gasteiger charge is -2.12. The summed E-state index contributed by atoms with van der Waals surface area (Å²) in [6.07, 6.45) is 0. The molecule has 0 aliphatic heterocycles. The third-order valence-electron chi connectivity index (χ3n) is 1.85. The molecule has 0 aliphatic carbocycles. The van der Waals surface area contributed by atoms with Crippen LogP contribution in [0, 0.1) is 0 Å². The molecule has 4 heteroatoms. The van der Waals surface area contributed by atoms with Crippen molar-refractivity contribution in [2.75, 3.05) is 11.5 Å². The van der Waals surface area contributed by atoms with Gasteiger partial charge >= 0.3 is 0 Å². The van der Waals surface area contributed by atoms with Crippen LogP contribution in [-0.4, -0.2) is 10.2 Å². The molecule has 0 amide bonds. The molecular weight excluding hydrogens is 180 g/mol. The van der Waals surface area contributed by atoms with Gasteiger partial charge in [-0.2, -0.15) is 0 Å². The molecule has 1 rings (SSSR count). The van der Waals surface area contributed by atoms with Gasteiger partial charge in [0.1, 0.15) is 11.5 Å². The summed E-state index contributed by atoms with van der Waals surface area (Å²) in [7, 11) is 0. The fourth-order valence-electron chi connectivity index (χ4n) is 1.26. The highest BCUT2D eigenvalue weighted by molar-refractivity contribution is 5.85. The van der Waals surface area contributed by atoms with Crippen molar-refractivity contribution in [2.24, 2.45) is 0 Å². The van der Waals surface area contributed by atoms with E-state index in [1.807, 2.05) is 0 Å². The van der Waals surface area contributed by atoms with Crippen molar-refractivity contribution >= 4 is 22.9 Å². The molecule has 74 valence electrons. The number of aliphatic hydroxyl groups excluding tert-OH is 2. The number of nitrogen functional groups attached to an aromatic ring is 2. The zero-order valence-corrected chi connectivity index (χ0v) is 7.62. The largest absolute Gasteiger partial charge is 0.508 e. The smallest absolute Gasteiger partial charge is 0.118 e. The second-order valence-corrected chi connectivity index (χ2v) is 2.89. The summed E-state index contributed by atoms with van der Waals surface area (Å²) in [5, 5.41) is 18.6. The lowest BCUT2D eigenvalue weighted by molar-refractivity contribution is 0.503. The summed E-state index contributed by atoms with van der Waals surface area (Å²) in [4.78, 5) is 0. The Morgan fingerprint density at radius 1 is 0.929 bits per heavy atom. The summed E-state index contributed by atoms with van der Waals surface area (Å²) < 4.78 is 0. The Kier molecular flexibility index (Phi) is 2.38. The Labute approximate surface area is 81.8 Å². The predicted molar refractivity (Wildman–Crippen MR) is 58.6 cm³/mol.